The predicted octanol–water partition coefficient (Wildman–Crippen LogP) is 5.00. The molecule has 0 aliphatic heterocycles. The number of ether oxygens (including phenoxy) is 3. The van der Waals surface area contributed by atoms with E-state index in [1.54, 1.807) is 30.5 Å². The van der Waals surface area contributed by atoms with Gasteiger partial charge in [0.1, 0.15) is 30.0 Å². The van der Waals surface area contributed by atoms with Crippen LogP contribution >= 0.6 is 0 Å². The van der Waals surface area contributed by atoms with Gasteiger partial charge in [0.25, 0.3) is 0 Å². The summed E-state index contributed by atoms with van der Waals surface area (Å²) in [5.41, 5.74) is 0. The molecule has 0 bridgehead atoms. The lowest BCUT2D eigenvalue weighted by Gasteiger charge is -2.15. The van der Waals surface area contributed by atoms with E-state index in [1.165, 1.54) is 30.3 Å². The topological polar surface area (TPSA) is 40.6 Å². The van der Waals surface area contributed by atoms with Gasteiger partial charge in [-0.15, -0.1) is 0 Å². The van der Waals surface area contributed by atoms with Gasteiger partial charge in [0.15, 0.2) is 11.6 Å². The van der Waals surface area contributed by atoms with Crippen molar-refractivity contribution in [2.45, 2.75) is 13.0 Å². The Kier molecular flexibility index (Phi) is 5.63. The highest BCUT2D eigenvalue weighted by Crippen LogP contribution is 2.28. The van der Waals surface area contributed by atoms with Crippen LogP contribution < -0.4 is 14.2 Å². The van der Waals surface area contributed by atoms with Crippen molar-refractivity contribution >= 4 is 0 Å². The fraction of sp³-hybridized carbons (Fsp3) is 0.150. The quantitative estimate of drug-likeness (QED) is 0.597. The Bertz CT molecular complexity index is 859. The highest BCUT2D eigenvalue weighted by molar-refractivity contribution is 5.37. The zero-order valence-corrected chi connectivity index (χ0v) is 14.1. The zero-order chi connectivity index (χ0) is 18.4. The number of aromatic nitrogens is 1. The fourth-order valence-corrected chi connectivity index (χ4v) is 2.18. The third-order valence-electron chi connectivity index (χ3n) is 3.37. The molecule has 1 atom stereocenters. The number of halogens is 2. The molecule has 0 spiro atoms. The second-order valence-electron chi connectivity index (χ2n) is 5.56. The van der Waals surface area contributed by atoms with Gasteiger partial charge in [0.2, 0.25) is 5.88 Å². The van der Waals surface area contributed by atoms with Crippen molar-refractivity contribution < 1.29 is 23.0 Å². The van der Waals surface area contributed by atoms with Crippen LogP contribution in [0.3, 0.4) is 0 Å². The average Bonchev–Trinajstić information content (AvgIpc) is 2.63. The molecule has 26 heavy (non-hydrogen) atoms. The molecule has 0 radical (unpaired) electrons. The standard InChI is InChI=1S/C20H17F2NO3/c1-14(25-20-7-2-3-10-23-20)13-24-16-8-9-19(18(22)12-16)26-17-6-4-5-15(21)11-17/h2-12,14H,13H2,1H3. The molecule has 6 heteroatoms. The van der Waals surface area contributed by atoms with Gasteiger partial charge in [-0.3, -0.25) is 0 Å². The predicted molar refractivity (Wildman–Crippen MR) is 92.7 cm³/mol. The minimum Gasteiger partial charge on any atom is -0.490 e. The van der Waals surface area contributed by atoms with Crippen LogP contribution in [-0.2, 0) is 0 Å². The first kappa shape index (κ1) is 17.7. The smallest absolute Gasteiger partial charge is 0.213 e. The van der Waals surface area contributed by atoms with Crippen molar-refractivity contribution in [3.8, 4) is 23.1 Å². The number of hydrogen-bond acceptors (Lipinski definition) is 4. The van der Waals surface area contributed by atoms with Gasteiger partial charge in [0, 0.05) is 24.4 Å². The molecule has 1 heterocycles. The fourth-order valence-electron chi connectivity index (χ4n) is 2.18. The Hall–Kier alpha value is -3.15. The van der Waals surface area contributed by atoms with Gasteiger partial charge in [-0.1, -0.05) is 12.1 Å². The molecule has 1 aromatic heterocycles. The molecule has 3 aromatic rings. The van der Waals surface area contributed by atoms with E-state index in [0.717, 1.165) is 0 Å². The van der Waals surface area contributed by atoms with Gasteiger partial charge in [0.05, 0.1) is 0 Å². The van der Waals surface area contributed by atoms with Crippen molar-refractivity contribution in [3.63, 3.8) is 0 Å². The summed E-state index contributed by atoms with van der Waals surface area (Å²) in [6.07, 6.45) is 1.37. The first-order valence-electron chi connectivity index (χ1n) is 8.03. The maximum atomic E-state index is 14.2. The summed E-state index contributed by atoms with van der Waals surface area (Å²) >= 11 is 0. The molecular weight excluding hydrogens is 340 g/mol. The van der Waals surface area contributed by atoms with E-state index < -0.39 is 11.6 Å². The summed E-state index contributed by atoms with van der Waals surface area (Å²) in [7, 11) is 0. The van der Waals surface area contributed by atoms with Crippen molar-refractivity contribution in [1.82, 2.24) is 4.98 Å². The summed E-state index contributed by atoms with van der Waals surface area (Å²) in [5.74, 6) is -0.0234. The highest BCUT2D eigenvalue weighted by atomic mass is 19.1. The van der Waals surface area contributed by atoms with Crippen LogP contribution in [0.1, 0.15) is 6.92 Å². The number of benzene rings is 2. The molecule has 0 N–H and O–H groups in total. The molecule has 4 nitrogen and oxygen atoms in total. The van der Waals surface area contributed by atoms with Gasteiger partial charge >= 0.3 is 0 Å². The Morgan fingerprint density at radius 2 is 1.85 bits per heavy atom. The number of nitrogens with zero attached hydrogens (tertiary/aromatic N) is 1. The SMILES string of the molecule is CC(COc1ccc(Oc2cccc(F)c2)c(F)c1)Oc1ccccn1. The van der Waals surface area contributed by atoms with Crippen LogP contribution in [0.25, 0.3) is 0 Å². The lowest BCUT2D eigenvalue weighted by Crippen LogP contribution is -2.21. The van der Waals surface area contributed by atoms with Crippen LogP contribution in [0.2, 0.25) is 0 Å². The zero-order valence-electron chi connectivity index (χ0n) is 14.1. The Morgan fingerprint density at radius 3 is 2.58 bits per heavy atom. The molecule has 0 saturated carbocycles. The molecule has 0 aliphatic rings. The van der Waals surface area contributed by atoms with Gasteiger partial charge in [-0.05, 0) is 37.3 Å². The summed E-state index contributed by atoms with van der Waals surface area (Å²) < 4.78 is 43.8. The normalized spacial score (nSPS) is 11.7. The number of hydrogen-bond donors (Lipinski definition) is 0. The molecule has 0 saturated heterocycles. The monoisotopic (exact) mass is 357 g/mol. The molecule has 0 amide bonds. The lowest BCUT2D eigenvalue weighted by atomic mass is 10.3. The third kappa shape index (κ3) is 4.92. The second-order valence-corrected chi connectivity index (χ2v) is 5.56. The lowest BCUT2D eigenvalue weighted by molar-refractivity contribution is 0.138. The van der Waals surface area contributed by atoms with E-state index in [4.69, 9.17) is 14.2 Å². The van der Waals surface area contributed by atoms with Crippen LogP contribution in [0.5, 0.6) is 23.1 Å². The Morgan fingerprint density at radius 1 is 0.962 bits per heavy atom. The first-order chi connectivity index (χ1) is 12.6. The highest BCUT2D eigenvalue weighted by Gasteiger charge is 2.10. The molecular formula is C20H17F2NO3. The Labute approximate surface area is 150 Å². The van der Waals surface area contributed by atoms with Crippen molar-refractivity contribution in [1.29, 1.82) is 0 Å². The first-order valence-corrected chi connectivity index (χ1v) is 8.03. The van der Waals surface area contributed by atoms with Crippen molar-refractivity contribution in [3.05, 3.63) is 78.5 Å². The van der Waals surface area contributed by atoms with E-state index in [-0.39, 0.29) is 24.2 Å². The summed E-state index contributed by atoms with van der Waals surface area (Å²) in [6.45, 7) is 2.05. The van der Waals surface area contributed by atoms with Gasteiger partial charge in [-0.2, -0.15) is 0 Å². The summed E-state index contributed by atoms with van der Waals surface area (Å²) in [4.78, 5) is 4.06. The van der Waals surface area contributed by atoms with Gasteiger partial charge < -0.3 is 14.2 Å². The summed E-state index contributed by atoms with van der Waals surface area (Å²) in [6, 6.07) is 15.1. The van der Waals surface area contributed by atoms with Crippen LogP contribution in [0.15, 0.2) is 66.9 Å². The maximum Gasteiger partial charge on any atom is 0.213 e. The van der Waals surface area contributed by atoms with Crippen molar-refractivity contribution in [2.24, 2.45) is 0 Å². The van der Waals surface area contributed by atoms with E-state index in [2.05, 4.69) is 4.98 Å². The third-order valence-corrected chi connectivity index (χ3v) is 3.37. The van der Waals surface area contributed by atoms with Crippen LogP contribution in [0, 0.1) is 11.6 Å². The van der Waals surface area contributed by atoms with Crippen LogP contribution in [0.4, 0.5) is 8.78 Å². The molecule has 3 rings (SSSR count). The van der Waals surface area contributed by atoms with E-state index >= 15 is 0 Å². The van der Waals surface area contributed by atoms with Crippen molar-refractivity contribution in [2.75, 3.05) is 6.61 Å². The second kappa shape index (κ2) is 8.29. The Balaban J connectivity index is 1.57. The molecule has 0 aliphatic carbocycles. The minimum absolute atomic E-state index is 0.0132. The molecule has 134 valence electrons. The van der Waals surface area contributed by atoms with E-state index in [0.29, 0.717) is 11.6 Å². The maximum absolute atomic E-state index is 14.2. The largest absolute Gasteiger partial charge is 0.490 e. The van der Waals surface area contributed by atoms with Crippen LogP contribution in [-0.4, -0.2) is 17.7 Å². The van der Waals surface area contributed by atoms with Gasteiger partial charge in [-0.25, -0.2) is 13.8 Å². The average molecular weight is 357 g/mol. The molecule has 1 unspecified atom stereocenters. The number of pyridine rings is 1. The molecule has 2 aromatic carbocycles. The number of rotatable bonds is 7. The van der Waals surface area contributed by atoms with E-state index in [1.807, 2.05) is 13.0 Å². The molecule has 0 fully saturated rings. The summed E-state index contributed by atoms with van der Waals surface area (Å²) in [5, 5.41) is 0. The minimum atomic E-state index is -0.606. The van der Waals surface area contributed by atoms with E-state index in [9.17, 15) is 8.78 Å².